The second-order valence-corrected chi connectivity index (χ2v) is 5.37. The number of hydrogen-bond donors (Lipinski definition) is 2. The molecule has 0 radical (unpaired) electrons. The van der Waals surface area contributed by atoms with E-state index in [0.29, 0.717) is 31.5 Å². The first kappa shape index (κ1) is 14.7. The molecular formula is C14H14F3N3O2. The van der Waals surface area contributed by atoms with E-state index in [9.17, 15) is 22.8 Å². The van der Waals surface area contributed by atoms with Crippen molar-refractivity contribution in [2.45, 2.75) is 18.9 Å². The zero-order chi connectivity index (χ0) is 15.9. The summed E-state index contributed by atoms with van der Waals surface area (Å²) in [6, 6.07) is -0.270. The van der Waals surface area contributed by atoms with E-state index in [4.69, 9.17) is 0 Å². The van der Waals surface area contributed by atoms with Crippen LogP contribution in [0.1, 0.15) is 23.6 Å². The lowest BCUT2D eigenvalue weighted by Crippen LogP contribution is -2.53. The van der Waals surface area contributed by atoms with Gasteiger partial charge in [0.25, 0.3) is 0 Å². The van der Waals surface area contributed by atoms with Crippen molar-refractivity contribution < 1.29 is 22.8 Å². The zero-order valence-electron chi connectivity index (χ0n) is 11.6. The maximum atomic E-state index is 13.9. The second kappa shape index (κ2) is 5.51. The Morgan fingerprint density at radius 2 is 2.09 bits per heavy atom. The first-order chi connectivity index (χ1) is 10.5. The van der Waals surface area contributed by atoms with Crippen molar-refractivity contribution in [1.82, 2.24) is 15.5 Å². The monoisotopic (exact) mass is 313 g/mol. The van der Waals surface area contributed by atoms with Gasteiger partial charge in [-0.05, 0) is 24.5 Å². The van der Waals surface area contributed by atoms with E-state index in [1.165, 1.54) is 4.90 Å². The van der Waals surface area contributed by atoms with E-state index < -0.39 is 29.5 Å². The molecule has 1 saturated heterocycles. The maximum absolute atomic E-state index is 13.9. The van der Waals surface area contributed by atoms with Gasteiger partial charge in [0, 0.05) is 18.7 Å². The summed E-state index contributed by atoms with van der Waals surface area (Å²) in [5.41, 5.74) is 0.354. The summed E-state index contributed by atoms with van der Waals surface area (Å²) in [4.78, 5) is 24.7. The molecular weight excluding hydrogens is 299 g/mol. The number of carbonyl (C=O) groups is 2. The van der Waals surface area contributed by atoms with Crippen LogP contribution in [0.25, 0.3) is 0 Å². The van der Waals surface area contributed by atoms with Gasteiger partial charge in [0.1, 0.15) is 6.54 Å². The highest BCUT2D eigenvalue weighted by Gasteiger charge is 2.32. The van der Waals surface area contributed by atoms with Crippen LogP contribution in [0.5, 0.6) is 0 Å². The van der Waals surface area contributed by atoms with Crippen molar-refractivity contribution in [2.24, 2.45) is 0 Å². The Kier molecular flexibility index (Phi) is 3.67. The van der Waals surface area contributed by atoms with Gasteiger partial charge < -0.3 is 15.5 Å². The molecule has 3 amide bonds. The van der Waals surface area contributed by atoms with Crippen molar-refractivity contribution in [3.05, 3.63) is 34.6 Å². The van der Waals surface area contributed by atoms with Crippen LogP contribution in [-0.2, 0) is 11.2 Å². The number of fused-ring (bicyclic) bond motifs is 1. The van der Waals surface area contributed by atoms with Gasteiger partial charge in [0.15, 0.2) is 17.5 Å². The average Bonchev–Trinajstić information content (AvgIpc) is 2.87. The molecule has 8 heteroatoms. The molecule has 1 aromatic carbocycles. The highest BCUT2D eigenvalue weighted by molar-refractivity contribution is 5.85. The van der Waals surface area contributed by atoms with Crippen LogP contribution in [0.3, 0.4) is 0 Å². The van der Waals surface area contributed by atoms with E-state index in [-0.39, 0.29) is 18.0 Å². The third-order valence-electron chi connectivity index (χ3n) is 3.96. The molecule has 0 aromatic heterocycles. The minimum absolute atomic E-state index is 0.00582. The lowest BCUT2D eigenvalue weighted by Gasteiger charge is -2.28. The molecule has 1 unspecified atom stereocenters. The number of benzene rings is 1. The molecule has 5 nitrogen and oxygen atoms in total. The van der Waals surface area contributed by atoms with Gasteiger partial charge in [-0.25, -0.2) is 18.0 Å². The van der Waals surface area contributed by atoms with Crippen molar-refractivity contribution >= 4 is 11.9 Å². The molecule has 118 valence electrons. The fourth-order valence-corrected chi connectivity index (χ4v) is 2.88. The predicted octanol–water partition coefficient (Wildman–Crippen LogP) is 1.23. The predicted molar refractivity (Wildman–Crippen MR) is 70.5 cm³/mol. The molecule has 0 bridgehead atoms. The highest BCUT2D eigenvalue weighted by atomic mass is 19.2. The van der Waals surface area contributed by atoms with Crippen LogP contribution < -0.4 is 10.6 Å². The summed E-state index contributed by atoms with van der Waals surface area (Å²) in [5, 5.41) is 5.18. The van der Waals surface area contributed by atoms with Crippen molar-refractivity contribution in [1.29, 1.82) is 0 Å². The highest BCUT2D eigenvalue weighted by Crippen LogP contribution is 2.35. The molecule has 1 aliphatic heterocycles. The number of amides is 3. The maximum Gasteiger partial charge on any atom is 0.318 e. The van der Waals surface area contributed by atoms with Gasteiger partial charge >= 0.3 is 6.03 Å². The lowest BCUT2D eigenvalue weighted by molar-refractivity contribution is -0.123. The minimum atomic E-state index is -1.53. The largest absolute Gasteiger partial charge is 0.353 e. The summed E-state index contributed by atoms with van der Waals surface area (Å²) >= 11 is 0. The summed E-state index contributed by atoms with van der Waals surface area (Å²) < 4.78 is 40.5. The molecule has 1 heterocycles. The molecule has 22 heavy (non-hydrogen) atoms. The fraction of sp³-hybridized carbons (Fsp3) is 0.429. The van der Waals surface area contributed by atoms with Gasteiger partial charge in [0.05, 0.1) is 6.04 Å². The first-order valence-electron chi connectivity index (χ1n) is 6.95. The molecule has 3 rings (SSSR count). The Morgan fingerprint density at radius 1 is 1.32 bits per heavy atom. The van der Waals surface area contributed by atoms with Crippen LogP contribution >= 0.6 is 0 Å². The van der Waals surface area contributed by atoms with Gasteiger partial charge in [-0.3, -0.25) is 4.79 Å². The SMILES string of the molecule is O=C1CN(C(=O)NC2CCc3cc(F)c(F)c(F)c32)CCN1. The van der Waals surface area contributed by atoms with Crippen LogP contribution in [0.2, 0.25) is 0 Å². The average molecular weight is 313 g/mol. The third kappa shape index (κ3) is 2.49. The number of rotatable bonds is 1. The normalized spacial score (nSPS) is 20.6. The summed E-state index contributed by atoms with van der Waals surface area (Å²) in [5.74, 6) is -4.28. The number of hydrogen-bond acceptors (Lipinski definition) is 2. The molecule has 0 saturated carbocycles. The van der Waals surface area contributed by atoms with Gasteiger partial charge in [-0.1, -0.05) is 0 Å². The van der Waals surface area contributed by atoms with E-state index in [2.05, 4.69) is 10.6 Å². The molecule has 1 aliphatic carbocycles. The number of carbonyl (C=O) groups excluding carboxylic acids is 2. The number of urea groups is 1. The van der Waals surface area contributed by atoms with Crippen molar-refractivity contribution in [2.75, 3.05) is 19.6 Å². The zero-order valence-corrected chi connectivity index (χ0v) is 11.6. The van der Waals surface area contributed by atoms with E-state index in [0.717, 1.165) is 6.07 Å². The van der Waals surface area contributed by atoms with Crippen molar-refractivity contribution in [3.8, 4) is 0 Å². The standard InChI is InChI=1S/C14H14F3N3O2/c15-8-5-7-1-2-9(11(7)13(17)12(8)16)19-14(22)20-4-3-18-10(21)6-20/h5,9H,1-4,6H2,(H,18,21)(H,19,22). The first-order valence-corrected chi connectivity index (χ1v) is 6.95. The number of halogens is 3. The Labute approximate surface area is 124 Å². The van der Waals surface area contributed by atoms with E-state index >= 15 is 0 Å². The Morgan fingerprint density at radius 3 is 2.82 bits per heavy atom. The quantitative estimate of drug-likeness (QED) is 0.766. The third-order valence-corrected chi connectivity index (χ3v) is 3.96. The summed E-state index contributed by atoms with van der Waals surface area (Å²) in [6.45, 7) is 0.616. The summed E-state index contributed by atoms with van der Waals surface area (Å²) in [6.07, 6.45) is 0.718. The lowest BCUT2D eigenvalue weighted by atomic mass is 10.1. The fourth-order valence-electron chi connectivity index (χ4n) is 2.88. The Bertz CT molecular complexity index is 651. The molecule has 1 atom stereocenters. The van der Waals surface area contributed by atoms with Gasteiger partial charge in [0.2, 0.25) is 5.91 Å². The van der Waals surface area contributed by atoms with Gasteiger partial charge in [-0.15, -0.1) is 0 Å². The molecule has 1 aromatic rings. The Balaban J connectivity index is 1.78. The van der Waals surface area contributed by atoms with Crippen LogP contribution in [0.15, 0.2) is 6.07 Å². The Hall–Kier alpha value is -2.25. The number of nitrogens with zero attached hydrogens (tertiary/aromatic N) is 1. The molecule has 0 spiro atoms. The van der Waals surface area contributed by atoms with Crippen molar-refractivity contribution in [3.63, 3.8) is 0 Å². The van der Waals surface area contributed by atoms with Crippen LogP contribution in [0, 0.1) is 17.5 Å². The second-order valence-electron chi connectivity index (χ2n) is 5.37. The molecule has 2 N–H and O–H groups in total. The van der Waals surface area contributed by atoms with Gasteiger partial charge in [-0.2, -0.15) is 0 Å². The summed E-state index contributed by atoms with van der Waals surface area (Å²) in [7, 11) is 0. The minimum Gasteiger partial charge on any atom is -0.353 e. The molecule has 1 fully saturated rings. The van der Waals surface area contributed by atoms with Crippen LogP contribution in [-0.4, -0.2) is 36.5 Å². The topological polar surface area (TPSA) is 61.4 Å². The van der Waals surface area contributed by atoms with Crippen LogP contribution in [0.4, 0.5) is 18.0 Å². The van der Waals surface area contributed by atoms with E-state index in [1.807, 2.05) is 0 Å². The number of nitrogens with one attached hydrogen (secondary N) is 2. The number of piperazine rings is 1. The number of aryl methyl sites for hydroxylation is 1. The smallest absolute Gasteiger partial charge is 0.318 e. The molecule has 2 aliphatic rings. The van der Waals surface area contributed by atoms with E-state index in [1.54, 1.807) is 0 Å².